The Hall–Kier alpha value is -1.86. The highest BCUT2D eigenvalue weighted by Gasteiger charge is 2.13. The first kappa shape index (κ1) is 15.5. The van der Waals surface area contributed by atoms with E-state index in [-0.39, 0.29) is 12.2 Å². The van der Waals surface area contributed by atoms with Gasteiger partial charge in [0.2, 0.25) is 0 Å². The Morgan fingerprint density at radius 1 is 1.00 bits per heavy atom. The monoisotopic (exact) mass is 280 g/mol. The Bertz CT molecular complexity index is 518. The number of rotatable bonds is 8. The molecule has 0 unspecified atom stereocenters. The van der Waals surface area contributed by atoms with Crippen molar-refractivity contribution in [3.63, 3.8) is 0 Å². The first-order valence-corrected chi connectivity index (χ1v) is 7.65. The Balaban J connectivity index is 1.91. The maximum atomic E-state index is 6.23. The zero-order valence-electron chi connectivity index (χ0n) is 12.7. The summed E-state index contributed by atoms with van der Waals surface area (Å²) in [5, 5.41) is 0. The van der Waals surface area contributed by atoms with E-state index in [0.717, 1.165) is 19.3 Å². The molecule has 0 bridgehead atoms. The second-order valence-corrected chi connectivity index (χ2v) is 5.36. The summed E-state index contributed by atoms with van der Waals surface area (Å²) in [5.41, 5.74) is 2.59. The summed E-state index contributed by atoms with van der Waals surface area (Å²) in [6.45, 7) is 5.97. The van der Waals surface area contributed by atoms with Crippen molar-refractivity contribution in [1.29, 1.82) is 0 Å². The molecule has 0 aliphatic rings. The molecule has 0 aliphatic heterocycles. The van der Waals surface area contributed by atoms with Crippen LogP contribution in [0.3, 0.4) is 0 Å². The molecule has 0 aliphatic carbocycles. The van der Waals surface area contributed by atoms with Gasteiger partial charge in [0.05, 0.1) is 12.2 Å². The summed E-state index contributed by atoms with van der Waals surface area (Å²) in [6, 6.07) is 21.0. The summed E-state index contributed by atoms with van der Waals surface area (Å²) < 4.78 is 6.23. The molecule has 0 radical (unpaired) electrons. The van der Waals surface area contributed by atoms with Crippen LogP contribution in [0.2, 0.25) is 0 Å². The molecule has 0 N–H and O–H groups in total. The molecular weight excluding hydrogens is 256 g/mol. The van der Waals surface area contributed by atoms with Crippen molar-refractivity contribution in [2.75, 3.05) is 0 Å². The van der Waals surface area contributed by atoms with Gasteiger partial charge < -0.3 is 4.74 Å². The molecule has 2 atom stereocenters. The van der Waals surface area contributed by atoms with Crippen molar-refractivity contribution in [3.05, 3.63) is 84.4 Å². The Morgan fingerprint density at radius 2 is 1.62 bits per heavy atom. The summed E-state index contributed by atoms with van der Waals surface area (Å²) in [4.78, 5) is 0. The van der Waals surface area contributed by atoms with Crippen LogP contribution in [0.15, 0.2) is 73.3 Å². The predicted molar refractivity (Wildman–Crippen MR) is 89.3 cm³/mol. The molecule has 1 nitrogen and oxygen atoms in total. The third-order valence-corrected chi connectivity index (χ3v) is 3.69. The molecule has 2 aromatic carbocycles. The van der Waals surface area contributed by atoms with Crippen LogP contribution in [0.25, 0.3) is 0 Å². The minimum atomic E-state index is 0.118. The van der Waals surface area contributed by atoms with Crippen molar-refractivity contribution in [3.8, 4) is 0 Å². The smallest absolute Gasteiger partial charge is 0.0800 e. The van der Waals surface area contributed by atoms with Crippen LogP contribution in [0.1, 0.15) is 37.0 Å². The number of ether oxygens (including phenoxy) is 1. The summed E-state index contributed by atoms with van der Waals surface area (Å²) in [6.07, 6.45) is 5.25. The van der Waals surface area contributed by atoms with Gasteiger partial charge in [0.1, 0.15) is 0 Å². The highest BCUT2D eigenvalue weighted by atomic mass is 16.5. The van der Waals surface area contributed by atoms with Crippen LogP contribution in [0, 0.1) is 0 Å². The van der Waals surface area contributed by atoms with Crippen molar-refractivity contribution in [2.24, 2.45) is 0 Å². The number of aryl methyl sites for hydroxylation is 1. The van der Waals surface area contributed by atoms with E-state index in [1.165, 1.54) is 11.1 Å². The number of benzene rings is 2. The lowest BCUT2D eigenvalue weighted by atomic mass is 10.0. The maximum absolute atomic E-state index is 6.23. The lowest BCUT2D eigenvalue weighted by Crippen LogP contribution is -2.16. The van der Waals surface area contributed by atoms with Gasteiger partial charge in [-0.2, -0.15) is 0 Å². The van der Waals surface area contributed by atoms with Gasteiger partial charge in [0, 0.05) is 0 Å². The molecule has 21 heavy (non-hydrogen) atoms. The van der Waals surface area contributed by atoms with Crippen LogP contribution < -0.4 is 0 Å². The van der Waals surface area contributed by atoms with Gasteiger partial charge in [0.15, 0.2) is 0 Å². The van der Waals surface area contributed by atoms with Gasteiger partial charge in [-0.1, -0.05) is 66.7 Å². The van der Waals surface area contributed by atoms with Gasteiger partial charge in [-0.05, 0) is 37.3 Å². The van der Waals surface area contributed by atoms with Crippen molar-refractivity contribution in [1.82, 2.24) is 0 Å². The van der Waals surface area contributed by atoms with Crippen LogP contribution in [-0.4, -0.2) is 6.10 Å². The van der Waals surface area contributed by atoms with E-state index in [4.69, 9.17) is 4.74 Å². The molecule has 2 aromatic rings. The zero-order chi connectivity index (χ0) is 14.9. The summed E-state index contributed by atoms with van der Waals surface area (Å²) >= 11 is 0. The first-order chi connectivity index (χ1) is 10.3. The summed E-state index contributed by atoms with van der Waals surface area (Å²) in [7, 11) is 0. The van der Waals surface area contributed by atoms with Gasteiger partial charge in [0.25, 0.3) is 0 Å². The normalized spacial score (nSPS) is 13.6. The Kier molecular flexibility index (Phi) is 6.23. The van der Waals surface area contributed by atoms with Crippen LogP contribution in [0.5, 0.6) is 0 Å². The van der Waals surface area contributed by atoms with Crippen LogP contribution in [0.4, 0.5) is 0 Å². The lowest BCUT2D eigenvalue weighted by Gasteiger charge is -2.22. The molecule has 0 fully saturated rings. The van der Waals surface area contributed by atoms with E-state index in [1.54, 1.807) is 0 Å². The molecule has 0 saturated carbocycles. The fourth-order valence-corrected chi connectivity index (χ4v) is 2.49. The summed E-state index contributed by atoms with van der Waals surface area (Å²) in [5.74, 6) is 0. The lowest BCUT2D eigenvalue weighted by molar-refractivity contribution is -0.00582. The third-order valence-electron chi connectivity index (χ3n) is 3.69. The van der Waals surface area contributed by atoms with E-state index >= 15 is 0 Å². The van der Waals surface area contributed by atoms with E-state index in [2.05, 4.69) is 68.1 Å². The van der Waals surface area contributed by atoms with Gasteiger partial charge in [-0.15, -0.1) is 6.58 Å². The minimum Gasteiger partial charge on any atom is -0.370 e. The largest absolute Gasteiger partial charge is 0.370 e. The predicted octanol–water partition coefficient (Wildman–Crippen LogP) is 5.34. The first-order valence-electron chi connectivity index (χ1n) is 7.65. The standard InChI is InChI=1S/C20H24O/c1-3-10-20(16-15-18-11-6-4-7-12-18)21-17(2)19-13-8-5-9-14-19/h3-9,11-14,17,20H,1,10,15-16H2,2H3/t17-,20+/m1/s1. The van der Waals surface area contributed by atoms with Gasteiger partial charge >= 0.3 is 0 Å². The molecule has 0 amide bonds. The van der Waals surface area contributed by atoms with Crippen LogP contribution >= 0.6 is 0 Å². The van der Waals surface area contributed by atoms with Crippen molar-refractivity contribution >= 4 is 0 Å². The quantitative estimate of drug-likeness (QED) is 0.593. The fraction of sp³-hybridized carbons (Fsp3) is 0.300. The molecule has 110 valence electrons. The third kappa shape index (κ3) is 5.20. The molecule has 0 saturated heterocycles. The van der Waals surface area contributed by atoms with E-state index in [9.17, 15) is 0 Å². The second kappa shape index (κ2) is 8.43. The van der Waals surface area contributed by atoms with Crippen molar-refractivity contribution < 1.29 is 4.74 Å². The number of hydrogen-bond acceptors (Lipinski definition) is 1. The minimum absolute atomic E-state index is 0.118. The Labute approximate surface area is 128 Å². The highest BCUT2D eigenvalue weighted by molar-refractivity contribution is 5.17. The molecule has 0 heterocycles. The number of hydrogen-bond donors (Lipinski definition) is 0. The average molecular weight is 280 g/mol. The molecule has 2 rings (SSSR count). The fourth-order valence-electron chi connectivity index (χ4n) is 2.49. The Morgan fingerprint density at radius 3 is 2.24 bits per heavy atom. The molecule has 0 aromatic heterocycles. The van der Waals surface area contributed by atoms with Crippen molar-refractivity contribution in [2.45, 2.75) is 38.4 Å². The van der Waals surface area contributed by atoms with E-state index in [1.807, 2.05) is 12.1 Å². The van der Waals surface area contributed by atoms with Gasteiger partial charge in [-0.3, -0.25) is 0 Å². The topological polar surface area (TPSA) is 9.23 Å². The average Bonchev–Trinajstić information content (AvgIpc) is 2.54. The zero-order valence-corrected chi connectivity index (χ0v) is 12.7. The van der Waals surface area contributed by atoms with Crippen LogP contribution in [-0.2, 0) is 11.2 Å². The SMILES string of the molecule is C=CC[C@@H](CCc1ccccc1)O[C@H](C)c1ccccc1. The molecule has 1 heteroatoms. The van der Waals surface area contributed by atoms with E-state index in [0.29, 0.717) is 0 Å². The van der Waals surface area contributed by atoms with Gasteiger partial charge in [-0.25, -0.2) is 0 Å². The maximum Gasteiger partial charge on any atom is 0.0800 e. The highest BCUT2D eigenvalue weighted by Crippen LogP contribution is 2.22. The second-order valence-electron chi connectivity index (χ2n) is 5.36. The molecule has 0 spiro atoms. The molecular formula is C20H24O. The van der Waals surface area contributed by atoms with E-state index < -0.39 is 0 Å².